The van der Waals surface area contributed by atoms with Crippen LogP contribution in [0, 0.1) is 12.8 Å². The van der Waals surface area contributed by atoms with E-state index in [1.807, 2.05) is 31.2 Å². The number of nitrogens with two attached hydrogens (primary N) is 1. The molecule has 0 radical (unpaired) electrons. The zero-order chi connectivity index (χ0) is 17.8. The summed E-state index contributed by atoms with van der Waals surface area (Å²) in [5, 5.41) is 8.08. The minimum Gasteiger partial charge on any atom is -0.348 e. The number of benzene rings is 1. The SMILES string of the molecule is Cc1c(C(=O)NC(CN)C2CCCCC2)cnn1-c1ccccc1Cl. The predicted octanol–water partition coefficient (Wildman–Crippen LogP) is 3.47. The molecule has 0 bridgehead atoms. The van der Waals surface area contributed by atoms with Crippen LogP contribution in [0.5, 0.6) is 0 Å². The van der Waals surface area contributed by atoms with Crippen molar-refractivity contribution in [1.29, 1.82) is 0 Å². The van der Waals surface area contributed by atoms with Gasteiger partial charge < -0.3 is 11.1 Å². The van der Waals surface area contributed by atoms with Crippen molar-refractivity contribution in [2.24, 2.45) is 11.7 Å². The molecule has 1 fully saturated rings. The molecule has 1 atom stereocenters. The van der Waals surface area contributed by atoms with E-state index in [1.54, 1.807) is 10.9 Å². The van der Waals surface area contributed by atoms with Gasteiger partial charge in [0, 0.05) is 12.6 Å². The average molecular weight is 361 g/mol. The summed E-state index contributed by atoms with van der Waals surface area (Å²) in [5.41, 5.74) is 8.03. The normalized spacial score (nSPS) is 16.6. The zero-order valence-electron chi connectivity index (χ0n) is 14.5. The Balaban J connectivity index is 1.77. The van der Waals surface area contributed by atoms with E-state index in [0.717, 1.165) is 24.2 Å². The molecule has 1 aromatic heterocycles. The number of nitrogens with one attached hydrogen (secondary N) is 1. The largest absolute Gasteiger partial charge is 0.348 e. The Bertz CT molecular complexity index is 737. The van der Waals surface area contributed by atoms with E-state index >= 15 is 0 Å². The lowest BCUT2D eigenvalue weighted by atomic mass is 9.84. The molecule has 25 heavy (non-hydrogen) atoms. The molecule has 1 saturated carbocycles. The number of carbonyl (C=O) groups excluding carboxylic acids is 1. The number of aromatic nitrogens is 2. The van der Waals surface area contributed by atoms with Crippen molar-refractivity contribution in [2.45, 2.75) is 45.1 Å². The molecule has 1 heterocycles. The minimum atomic E-state index is -0.114. The highest BCUT2D eigenvalue weighted by atomic mass is 35.5. The van der Waals surface area contributed by atoms with Gasteiger partial charge in [-0.25, -0.2) is 4.68 Å². The number of hydrogen-bond acceptors (Lipinski definition) is 3. The number of hydrogen-bond donors (Lipinski definition) is 2. The summed E-state index contributed by atoms with van der Waals surface area (Å²) < 4.78 is 1.70. The van der Waals surface area contributed by atoms with Gasteiger partial charge in [0.05, 0.1) is 28.2 Å². The maximum atomic E-state index is 12.8. The van der Waals surface area contributed by atoms with Crippen molar-refractivity contribution >= 4 is 17.5 Å². The van der Waals surface area contributed by atoms with E-state index in [1.165, 1.54) is 19.3 Å². The lowest BCUT2D eigenvalue weighted by molar-refractivity contribution is 0.0915. The number of nitrogens with zero attached hydrogens (tertiary/aromatic N) is 2. The van der Waals surface area contributed by atoms with Gasteiger partial charge in [0.2, 0.25) is 0 Å². The molecular formula is C19H25ClN4O. The molecule has 1 unspecified atom stereocenters. The number of amides is 1. The molecule has 1 aliphatic carbocycles. The number of para-hydroxylation sites is 1. The van der Waals surface area contributed by atoms with Crippen LogP contribution in [0.2, 0.25) is 5.02 Å². The second-order valence-electron chi connectivity index (χ2n) is 6.72. The van der Waals surface area contributed by atoms with E-state index in [2.05, 4.69) is 10.4 Å². The molecule has 1 aliphatic rings. The van der Waals surface area contributed by atoms with Gasteiger partial charge in [-0.2, -0.15) is 5.10 Å². The summed E-state index contributed by atoms with van der Waals surface area (Å²) in [6.07, 6.45) is 7.61. The standard InChI is InChI=1S/C19H25ClN4O/c1-13-15(12-22-24(13)18-10-6-5-9-16(18)20)19(25)23-17(11-21)14-7-3-2-4-8-14/h5-6,9-10,12,14,17H,2-4,7-8,11,21H2,1H3,(H,23,25). The van der Waals surface area contributed by atoms with Crippen LogP contribution in [0.3, 0.4) is 0 Å². The molecule has 5 nitrogen and oxygen atoms in total. The number of rotatable bonds is 5. The van der Waals surface area contributed by atoms with E-state index in [4.69, 9.17) is 17.3 Å². The van der Waals surface area contributed by atoms with Crippen molar-refractivity contribution in [2.75, 3.05) is 6.54 Å². The predicted molar refractivity (Wildman–Crippen MR) is 100 cm³/mol. The second kappa shape index (κ2) is 8.02. The second-order valence-corrected chi connectivity index (χ2v) is 7.13. The highest BCUT2D eigenvalue weighted by Gasteiger charge is 2.25. The first-order valence-corrected chi connectivity index (χ1v) is 9.30. The summed E-state index contributed by atoms with van der Waals surface area (Å²) in [4.78, 5) is 12.8. The van der Waals surface area contributed by atoms with Gasteiger partial charge in [-0.05, 0) is 37.8 Å². The lowest BCUT2D eigenvalue weighted by Crippen LogP contribution is -2.46. The Morgan fingerprint density at radius 3 is 2.76 bits per heavy atom. The molecule has 1 aromatic carbocycles. The quantitative estimate of drug-likeness (QED) is 0.857. The monoisotopic (exact) mass is 360 g/mol. The molecule has 1 amide bonds. The van der Waals surface area contributed by atoms with Crippen molar-refractivity contribution in [3.05, 3.63) is 46.7 Å². The summed E-state index contributed by atoms with van der Waals surface area (Å²) in [5.74, 6) is 0.360. The van der Waals surface area contributed by atoms with Crippen molar-refractivity contribution in [3.63, 3.8) is 0 Å². The Morgan fingerprint density at radius 2 is 2.08 bits per heavy atom. The van der Waals surface area contributed by atoms with Gasteiger partial charge in [0.15, 0.2) is 0 Å². The molecule has 0 spiro atoms. The molecular weight excluding hydrogens is 336 g/mol. The van der Waals surface area contributed by atoms with Crippen molar-refractivity contribution in [1.82, 2.24) is 15.1 Å². The summed E-state index contributed by atoms with van der Waals surface area (Å²) in [7, 11) is 0. The minimum absolute atomic E-state index is 0.0239. The van der Waals surface area contributed by atoms with Crippen LogP contribution in [-0.4, -0.2) is 28.3 Å². The molecule has 134 valence electrons. The molecule has 0 aliphatic heterocycles. The first-order chi connectivity index (χ1) is 12.1. The fourth-order valence-corrected chi connectivity index (χ4v) is 3.87. The van der Waals surface area contributed by atoms with E-state index < -0.39 is 0 Å². The van der Waals surface area contributed by atoms with Crippen molar-refractivity contribution < 1.29 is 4.79 Å². The summed E-state index contributed by atoms with van der Waals surface area (Å²) in [6, 6.07) is 7.49. The van der Waals surface area contributed by atoms with Crippen LogP contribution in [0.1, 0.15) is 48.2 Å². The summed E-state index contributed by atoms with van der Waals surface area (Å²) in [6.45, 7) is 2.34. The van der Waals surface area contributed by atoms with Gasteiger partial charge in [-0.3, -0.25) is 4.79 Å². The molecule has 0 saturated heterocycles. The third kappa shape index (κ3) is 3.88. The third-order valence-electron chi connectivity index (χ3n) is 5.12. The Morgan fingerprint density at radius 1 is 1.36 bits per heavy atom. The van der Waals surface area contributed by atoms with Gasteiger partial charge >= 0.3 is 0 Å². The topological polar surface area (TPSA) is 72.9 Å². The van der Waals surface area contributed by atoms with Gasteiger partial charge in [-0.15, -0.1) is 0 Å². The van der Waals surface area contributed by atoms with Crippen LogP contribution in [0.4, 0.5) is 0 Å². The Hall–Kier alpha value is -1.85. The van der Waals surface area contributed by atoms with Crippen LogP contribution in [-0.2, 0) is 0 Å². The zero-order valence-corrected chi connectivity index (χ0v) is 15.3. The maximum Gasteiger partial charge on any atom is 0.255 e. The third-order valence-corrected chi connectivity index (χ3v) is 5.44. The van der Waals surface area contributed by atoms with Crippen LogP contribution in [0.15, 0.2) is 30.5 Å². The maximum absolute atomic E-state index is 12.8. The van der Waals surface area contributed by atoms with Gasteiger partial charge in [0.1, 0.15) is 0 Å². The Labute approximate surface area is 153 Å². The molecule has 6 heteroatoms. The van der Waals surface area contributed by atoms with E-state index in [-0.39, 0.29) is 11.9 Å². The fourth-order valence-electron chi connectivity index (χ4n) is 3.65. The fraction of sp³-hybridized carbons (Fsp3) is 0.474. The Kier molecular flexibility index (Phi) is 5.76. The first-order valence-electron chi connectivity index (χ1n) is 8.92. The van der Waals surface area contributed by atoms with Crippen molar-refractivity contribution in [3.8, 4) is 5.69 Å². The summed E-state index contributed by atoms with van der Waals surface area (Å²) >= 11 is 6.25. The lowest BCUT2D eigenvalue weighted by Gasteiger charge is -2.30. The molecule has 3 N–H and O–H groups in total. The van der Waals surface area contributed by atoms with E-state index in [0.29, 0.717) is 23.0 Å². The number of carbonyl (C=O) groups is 1. The van der Waals surface area contributed by atoms with Gasteiger partial charge in [0.25, 0.3) is 5.91 Å². The molecule has 2 aromatic rings. The van der Waals surface area contributed by atoms with Crippen LogP contribution < -0.4 is 11.1 Å². The average Bonchev–Trinajstić information content (AvgIpc) is 3.02. The van der Waals surface area contributed by atoms with E-state index in [9.17, 15) is 4.79 Å². The van der Waals surface area contributed by atoms with Crippen LogP contribution >= 0.6 is 11.6 Å². The number of halogens is 1. The highest BCUT2D eigenvalue weighted by Crippen LogP contribution is 2.27. The molecule has 3 rings (SSSR count). The smallest absolute Gasteiger partial charge is 0.255 e. The highest BCUT2D eigenvalue weighted by molar-refractivity contribution is 6.32. The van der Waals surface area contributed by atoms with Gasteiger partial charge in [-0.1, -0.05) is 43.0 Å². The van der Waals surface area contributed by atoms with Crippen LogP contribution in [0.25, 0.3) is 5.69 Å². The first kappa shape index (κ1) is 18.0.